The first-order valence-corrected chi connectivity index (χ1v) is 9.17. The minimum atomic E-state index is -3.73. The van der Waals surface area contributed by atoms with Crippen molar-refractivity contribution < 1.29 is 17.9 Å². The van der Waals surface area contributed by atoms with E-state index in [1.165, 1.54) is 11.4 Å². The van der Waals surface area contributed by atoms with Gasteiger partial charge in [-0.25, -0.2) is 8.42 Å². The lowest BCUT2D eigenvalue weighted by Crippen LogP contribution is -2.41. The first-order valence-electron chi connectivity index (χ1n) is 7.73. The van der Waals surface area contributed by atoms with Gasteiger partial charge in [-0.15, -0.1) is 0 Å². The molecule has 7 heteroatoms. The largest absolute Gasteiger partial charge is 0.383 e. The number of likely N-dealkylation sites (N-methyl/N-ethyl adjacent to an activating group) is 1. The molecule has 24 heavy (non-hydrogen) atoms. The Morgan fingerprint density at radius 3 is 2.54 bits per heavy atom. The van der Waals surface area contributed by atoms with Crippen molar-refractivity contribution in [2.45, 2.75) is 11.8 Å². The first kappa shape index (κ1) is 18.4. The van der Waals surface area contributed by atoms with E-state index in [0.29, 0.717) is 13.2 Å². The summed E-state index contributed by atoms with van der Waals surface area (Å²) in [4.78, 5) is 12.1. The third-order valence-electron chi connectivity index (χ3n) is 3.66. The van der Waals surface area contributed by atoms with Gasteiger partial charge in [0.2, 0.25) is 15.9 Å². The Balaban J connectivity index is 2.20. The fourth-order valence-electron chi connectivity index (χ4n) is 2.35. The topological polar surface area (TPSA) is 75.7 Å². The molecule has 0 saturated heterocycles. The Labute approximate surface area is 142 Å². The fraction of sp³-hybridized carbons (Fsp3) is 0.353. The number of fused-ring (bicyclic) bond motifs is 1. The summed E-state index contributed by atoms with van der Waals surface area (Å²) in [6.45, 7) is 2.45. The lowest BCUT2D eigenvalue weighted by atomic mass is 10.1. The number of nitrogens with one attached hydrogen (secondary N) is 1. The molecule has 0 unspecified atom stereocenters. The monoisotopic (exact) mass is 350 g/mol. The number of rotatable bonds is 8. The normalized spacial score (nSPS) is 11.8. The maximum absolute atomic E-state index is 12.8. The highest BCUT2D eigenvalue weighted by molar-refractivity contribution is 7.89. The third kappa shape index (κ3) is 4.31. The molecular formula is C17H22N2O4S. The molecule has 0 atom stereocenters. The van der Waals surface area contributed by atoms with Crippen LogP contribution in [0, 0.1) is 0 Å². The highest BCUT2D eigenvalue weighted by Crippen LogP contribution is 2.21. The summed E-state index contributed by atoms with van der Waals surface area (Å²) in [6, 6.07) is 12.5. The molecule has 0 aromatic heterocycles. The first-order chi connectivity index (χ1) is 11.5. The number of nitrogens with zero attached hydrogens (tertiary/aromatic N) is 1. The highest BCUT2D eigenvalue weighted by Gasteiger charge is 2.25. The number of carbonyl (C=O) groups excluding carboxylic acids is 1. The Kier molecular flexibility index (Phi) is 6.30. The van der Waals surface area contributed by atoms with Gasteiger partial charge in [-0.1, -0.05) is 37.3 Å². The minimum Gasteiger partial charge on any atom is -0.383 e. The van der Waals surface area contributed by atoms with Crippen molar-refractivity contribution in [3.8, 4) is 0 Å². The van der Waals surface area contributed by atoms with Gasteiger partial charge in [0.1, 0.15) is 0 Å². The van der Waals surface area contributed by atoms with Crippen molar-refractivity contribution in [1.82, 2.24) is 9.62 Å². The van der Waals surface area contributed by atoms with Crippen LogP contribution in [-0.2, 0) is 19.6 Å². The van der Waals surface area contributed by atoms with E-state index in [2.05, 4.69) is 5.32 Å². The van der Waals surface area contributed by atoms with Crippen molar-refractivity contribution in [2.24, 2.45) is 0 Å². The zero-order valence-electron chi connectivity index (χ0n) is 13.9. The number of amides is 1. The Morgan fingerprint density at radius 2 is 1.88 bits per heavy atom. The number of hydrogen-bond donors (Lipinski definition) is 1. The quantitative estimate of drug-likeness (QED) is 0.734. The molecule has 0 saturated carbocycles. The molecule has 0 aliphatic carbocycles. The molecule has 0 heterocycles. The van der Waals surface area contributed by atoms with Crippen molar-refractivity contribution in [3.63, 3.8) is 0 Å². The number of carbonyl (C=O) groups is 1. The summed E-state index contributed by atoms with van der Waals surface area (Å²) < 4.78 is 31.6. The summed E-state index contributed by atoms with van der Waals surface area (Å²) >= 11 is 0. The fourth-order valence-corrected chi connectivity index (χ4v) is 3.79. The lowest BCUT2D eigenvalue weighted by molar-refractivity contribution is -0.121. The van der Waals surface area contributed by atoms with E-state index < -0.39 is 10.0 Å². The van der Waals surface area contributed by atoms with Crippen molar-refractivity contribution in [1.29, 1.82) is 0 Å². The summed E-state index contributed by atoms with van der Waals surface area (Å²) in [5, 5.41) is 4.45. The van der Waals surface area contributed by atoms with Gasteiger partial charge in [-0.3, -0.25) is 4.79 Å². The van der Waals surface area contributed by atoms with Crippen molar-refractivity contribution >= 4 is 26.7 Å². The van der Waals surface area contributed by atoms with E-state index in [-0.39, 0.29) is 23.9 Å². The van der Waals surface area contributed by atoms with Gasteiger partial charge >= 0.3 is 0 Å². The second kappa shape index (κ2) is 8.23. The van der Waals surface area contributed by atoms with Crippen molar-refractivity contribution in [3.05, 3.63) is 42.5 Å². The van der Waals surface area contributed by atoms with Gasteiger partial charge in [-0.05, 0) is 22.9 Å². The average molecular weight is 350 g/mol. The summed E-state index contributed by atoms with van der Waals surface area (Å²) in [5.74, 6) is -0.349. The van der Waals surface area contributed by atoms with Crippen LogP contribution in [0.15, 0.2) is 47.4 Å². The van der Waals surface area contributed by atoms with E-state index in [9.17, 15) is 13.2 Å². The maximum atomic E-state index is 12.8. The standard InChI is InChI=1S/C17H22N2O4S/c1-3-19(13-17(20)18-10-11-23-2)24(21,22)16-9-8-14-6-4-5-7-15(14)12-16/h4-9,12H,3,10-11,13H2,1-2H3,(H,18,20). The molecule has 0 spiro atoms. The molecule has 0 bridgehead atoms. The molecule has 130 valence electrons. The van der Waals surface area contributed by atoms with E-state index in [4.69, 9.17) is 4.74 Å². The van der Waals surface area contributed by atoms with Crippen LogP contribution >= 0.6 is 0 Å². The van der Waals surface area contributed by atoms with E-state index >= 15 is 0 Å². The number of hydrogen-bond acceptors (Lipinski definition) is 4. The second-order valence-corrected chi connectivity index (χ2v) is 7.22. The average Bonchev–Trinajstić information content (AvgIpc) is 2.59. The molecule has 2 rings (SSSR count). The number of benzene rings is 2. The Morgan fingerprint density at radius 1 is 1.17 bits per heavy atom. The third-order valence-corrected chi connectivity index (χ3v) is 5.58. The van der Waals surface area contributed by atoms with Gasteiger partial charge in [-0.2, -0.15) is 4.31 Å². The number of ether oxygens (including phenoxy) is 1. The second-order valence-electron chi connectivity index (χ2n) is 5.28. The van der Waals surface area contributed by atoms with Gasteiger partial charge < -0.3 is 10.1 Å². The number of methoxy groups -OCH3 is 1. The predicted molar refractivity (Wildman–Crippen MR) is 93.3 cm³/mol. The van der Waals surface area contributed by atoms with Crippen LogP contribution in [0.4, 0.5) is 0 Å². The van der Waals surface area contributed by atoms with Gasteiger partial charge in [0.05, 0.1) is 18.0 Å². The van der Waals surface area contributed by atoms with Crippen LogP contribution in [0.1, 0.15) is 6.92 Å². The zero-order chi connectivity index (χ0) is 17.6. The molecule has 2 aromatic carbocycles. The molecule has 0 aliphatic rings. The van der Waals surface area contributed by atoms with Crippen molar-refractivity contribution in [2.75, 3.05) is 33.4 Å². The van der Waals surface area contributed by atoms with Crippen LogP contribution < -0.4 is 5.32 Å². The SMILES string of the molecule is CCN(CC(=O)NCCOC)S(=O)(=O)c1ccc2ccccc2c1. The molecule has 6 nitrogen and oxygen atoms in total. The zero-order valence-corrected chi connectivity index (χ0v) is 14.7. The molecule has 2 aromatic rings. The van der Waals surface area contributed by atoms with Crippen LogP contribution in [0.3, 0.4) is 0 Å². The minimum absolute atomic E-state index is 0.188. The van der Waals surface area contributed by atoms with E-state index in [1.54, 1.807) is 25.1 Å². The molecule has 0 aliphatic heterocycles. The van der Waals surface area contributed by atoms with Gasteiger partial charge in [0.15, 0.2) is 0 Å². The van der Waals surface area contributed by atoms with Gasteiger partial charge in [0, 0.05) is 20.2 Å². The molecular weight excluding hydrogens is 328 g/mol. The molecule has 1 N–H and O–H groups in total. The van der Waals surface area contributed by atoms with Crippen LogP contribution in [0.2, 0.25) is 0 Å². The summed E-state index contributed by atoms with van der Waals surface area (Å²) in [6.07, 6.45) is 0. The van der Waals surface area contributed by atoms with E-state index in [0.717, 1.165) is 10.8 Å². The van der Waals surface area contributed by atoms with Crippen LogP contribution in [0.25, 0.3) is 10.8 Å². The van der Waals surface area contributed by atoms with Crippen LogP contribution in [-0.4, -0.2) is 52.0 Å². The lowest BCUT2D eigenvalue weighted by Gasteiger charge is -2.20. The summed E-state index contributed by atoms with van der Waals surface area (Å²) in [7, 11) is -2.19. The maximum Gasteiger partial charge on any atom is 0.243 e. The number of sulfonamides is 1. The molecule has 1 amide bonds. The molecule has 0 fully saturated rings. The van der Waals surface area contributed by atoms with E-state index in [1.807, 2.05) is 24.3 Å². The highest BCUT2D eigenvalue weighted by atomic mass is 32.2. The van der Waals surface area contributed by atoms with Gasteiger partial charge in [0.25, 0.3) is 0 Å². The Hall–Kier alpha value is -1.96. The molecule has 0 radical (unpaired) electrons. The van der Waals surface area contributed by atoms with Crippen LogP contribution in [0.5, 0.6) is 0 Å². The Bertz CT molecular complexity index is 805. The predicted octanol–water partition coefficient (Wildman–Crippen LogP) is 1.61. The smallest absolute Gasteiger partial charge is 0.243 e. The summed E-state index contributed by atoms with van der Waals surface area (Å²) in [5.41, 5.74) is 0.